The van der Waals surface area contributed by atoms with Crippen LogP contribution in [0.3, 0.4) is 0 Å². The van der Waals surface area contributed by atoms with Crippen molar-refractivity contribution in [1.29, 1.82) is 0 Å². The van der Waals surface area contributed by atoms with Gasteiger partial charge in [0.25, 0.3) is 0 Å². The Bertz CT molecular complexity index is 650. The first-order valence-electron chi connectivity index (χ1n) is 6.67. The Morgan fingerprint density at radius 1 is 1.48 bits per heavy atom. The Kier molecular flexibility index (Phi) is 4.08. The average molecular weight is 293 g/mol. The lowest BCUT2D eigenvalue weighted by atomic mass is 10.1. The van der Waals surface area contributed by atoms with Crippen molar-refractivity contribution in [3.63, 3.8) is 0 Å². The first kappa shape index (κ1) is 15.2. The van der Waals surface area contributed by atoms with Gasteiger partial charge in [-0.1, -0.05) is 13.8 Å². The van der Waals surface area contributed by atoms with Gasteiger partial charge in [0.15, 0.2) is 11.5 Å². The van der Waals surface area contributed by atoms with Crippen LogP contribution in [0, 0.1) is 5.92 Å². The van der Waals surface area contributed by atoms with E-state index >= 15 is 0 Å². The number of ether oxygens (including phenoxy) is 1. The largest absolute Gasteiger partial charge is 0.462 e. The van der Waals surface area contributed by atoms with Crippen molar-refractivity contribution in [2.75, 3.05) is 12.3 Å². The zero-order valence-electron chi connectivity index (χ0n) is 12.3. The minimum Gasteiger partial charge on any atom is -0.462 e. The normalized spacial score (nSPS) is 14.3. The molecule has 0 radical (unpaired) electrons. The molecular weight excluding hydrogens is 274 g/mol. The molecule has 2 heterocycles. The summed E-state index contributed by atoms with van der Waals surface area (Å²) < 4.78 is 6.33. The molecule has 0 aliphatic rings. The van der Waals surface area contributed by atoms with Crippen LogP contribution < -0.4 is 5.73 Å². The number of hydrogen-bond donors (Lipinski definition) is 2. The summed E-state index contributed by atoms with van der Waals surface area (Å²) in [4.78, 5) is 23.9. The number of anilines is 1. The number of nitrogens with zero attached hydrogens (tertiary/aromatic N) is 4. The lowest BCUT2D eigenvalue weighted by Gasteiger charge is -2.23. The second kappa shape index (κ2) is 5.65. The fourth-order valence-electron chi connectivity index (χ4n) is 1.79. The van der Waals surface area contributed by atoms with E-state index in [1.165, 1.54) is 24.1 Å². The standard InChI is InChI=1S/C13H19N5O3/c1-8(2)4-5-21-12(19)13(3,20)18-7-17-9-10(14)15-6-16-11(9)18/h6-8,20H,4-5H2,1-3H3,(H2,14,15,16). The summed E-state index contributed by atoms with van der Waals surface area (Å²) in [6.45, 7) is 5.62. The summed E-state index contributed by atoms with van der Waals surface area (Å²) >= 11 is 0. The molecule has 114 valence electrons. The van der Waals surface area contributed by atoms with Gasteiger partial charge in [0.1, 0.15) is 18.2 Å². The van der Waals surface area contributed by atoms with Gasteiger partial charge < -0.3 is 15.6 Å². The third-order valence-corrected chi connectivity index (χ3v) is 3.15. The van der Waals surface area contributed by atoms with Crippen molar-refractivity contribution < 1.29 is 14.6 Å². The first-order valence-corrected chi connectivity index (χ1v) is 6.67. The quantitative estimate of drug-likeness (QED) is 0.778. The van der Waals surface area contributed by atoms with Gasteiger partial charge in [-0.05, 0) is 19.3 Å². The van der Waals surface area contributed by atoms with Gasteiger partial charge >= 0.3 is 5.97 Å². The summed E-state index contributed by atoms with van der Waals surface area (Å²) in [5.74, 6) is -0.174. The van der Waals surface area contributed by atoms with E-state index in [4.69, 9.17) is 10.5 Å². The highest BCUT2D eigenvalue weighted by molar-refractivity contribution is 5.84. The van der Waals surface area contributed by atoms with Crippen LogP contribution >= 0.6 is 0 Å². The van der Waals surface area contributed by atoms with E-state index in [9.17, 15) is 9.90 Å². The smallest absolute Gasteiger partial charge is 0.359 e. The molecule has 3 N–H and O–H groups in total. The van der Waals surface area contributed by atoms with Crippen LogP contribution in [0.25, 0.3) is 11.2 Å². The van der Waals surface area contributed by atoms with Crippen LogP contribution in [-0.2, 0) is 15.3 Å². The topological polar surface area (TPSA) is 116 Å². The Hall–Kier alpha value is -2.22. The van der Waals surface area contributed by atoms with Crippen LogP contribution in [0.2, 0.25) is 0 Å². The van der Waals surface area contributed by atoms with Gasteiger partial charge in [0, 0.05) is 0 Å². The van der Waals surface area contributed by atoms with Gasteiger partial charge in [0.2, 0.25) is 5.72 Å². The highest BCUT2D eigenvalue weighted by atomic mass is 16.6. The van der Waals surface area contributed by atoms with E-state index < -0.39 is 11.7 Å². The van der Waals surface area contributed by atoms with Crippen molar-refractivity contribution in [3.8, 4) is 0 Å². The number of rotatable bonds is 5. The van der Waals surface area contributed by atoms with Crippen molar-refractivity contribution in [3.05, 3.63) is 12.7 Å². The molecule has 0 saturated carbocycles. The number of hydrogen-bond acceptors (Lipinski definition) is 7. The molecule has 2 aromatic rings. The summed E-state index contributed by atoms with van der Waals surface area (Å²) in [6.07, 6.45) is 3.26. The number of imidazole rings is 1. The molecule has 0 aromatic carbocycles. The minimum atomic E-state index is -1.91. The number of nitrogen functional groups attached to an aromatic ring is 1. The molecule has 0 spiro atoms. The molecule has 0 fully saturated rings. The Morgan fingerprint density at radius 2 is 2.19 bits per heavy atom. The minimum absolute atomic E-state index is 0.183. The molecule has 0 amide bonds. The number of carbonyl (C=O) groups excluding carboxylic acids is 1. The maximum absolute atomic E-state index is 12.1. The van der Waals surface area contributed by atoms with Gasteiger partial charge in [-0.25, -0.2) is 19.7 Å². The summed E-state index contributed by atoms with van der Waals surface area (Å²) in [7, 11) is 0. The molecular formula is C13H19N5O3. The van der Waals surface area contributed by atoms with E-state index in [-0.39, 0.29) is 18.1 Å². The molecule has 0 saturated heterocycles. The second-order valence-electron chi connectivity index (χ2n) is 5.38. The monoisotopic (exact) mass is 293 g/mol. The summed E-state index contributed by atoms with van der Waals surface area (Å²) in [6, 6.07) is 0. The van der Waals surface area contributed by atoms with E-state index in [0.717, 1.165) is 6.42 Å². The number of nitrogens with two attached hydrogens (primary N) is 1. The average Bonchev–Trinajstić information content (AvgIpc) is 2.84. The molecule has 0 aliphatic carbocycles. The van der Waals surface area contributed by atoms with Crippen molar-refractivity contribution in [2.24, 2.45) is 5.92 Å². The predicted octanol–water partition coefficient (Wildman–Crippen LogP) is 0.663. The number of esters is 1. The predicted molar refractivity (Wildman–Crippen MR) is 76.0 cm³/mol. The number of fused-ring (bicyclic) bond motifs is 1. The molecule has 0 bridgehead atoms. The fraction of sp³-hybridized carbons (Fsp3) is 0.538. The number of carbonyl (C=O) groups is 1. The van der Waals surface area contributed by atoms with Crippen molar-refractivity contribution in [1.82, 2.24) is 19.5 Å². The lowest BCUT2D eigenvalue weighted by molar-refractivity contribution is -0.174. The van der Waals surface area contributed by atoms with Crippen LogP contribution in [0.5, 0.6) is 0 Å². The number of aromatic nitrogens is 4. The van der Waals surface area contributed by atoms with Gasteiger partial charge in [-0.15, -0.1) is 0 Å². The molecule has 2 rings (SSSR count). The van der Waals surface area contributed by atoms with Crippen LogP contribution in [0.1, 0.15) is 27.2 Å². The van der Waals surface area contributed by atoms with Gasteiger partial charge in [-0.2, -0.15) is 0 Å². The van der Waals surface area contributed by atoms with Crippen molar-refractivity contribution in [2.45, 2.75) is 32.9 Å². The Labute approximate surface area is 122 Å². The zero-order chi connectivity index (χ0) is 15.6. The summed E-state index contributed by atoms with van der Waals surface area (Å²) in [5.41, 5.74) is 4.37. The first-order chi connectivity index (χ1) is 9.84. The third-order valence-electron chi connectivity index (χ3n) is 3.15. The lowest BCUT2D eigenvalue weighted by Crippen LogP contribution is -2.40. The Balaban J connectivity index is 2.25. The maximum Gasteiger partial charge on any atom is 0.359 e. The Morgan fingerprint density at radius 3 is 2.86 bits per heavy atom. The van der Waals surface area contributed by atoms with E-state index in [1.807, 2.05) is 13.8 Å². The highest BCUT2D eigenvalue weighted by Gasteiger charge is 2.36. The highest BCUT2D eigenvalue weighted by Crippen LogP contribution is 2.22. The van der Waals surface area contributed by atoms with Crippen molar-refractivity contribution >= 4 is 23.0 Å². The SMILES string of the molecule is CC(C)CCOC(=O)C(C)(O)n1cnc2c(N)ncnc21. The fourth-order valence-corrected chi connectivity index (χ4v) is 1.79. The second-order valence-corrected chi connectivity index (χ2v) is 5.38. The van der Waals surface area contributed by atoms with E-state index in [2.05, 4.69) is 15.0 Å². The summed E-state index contributed by atoms with van der Waals surface area (Å²) in [5, 5.41) is 10.4. The van der Waals surface area contributed by atoms with E-state index in [1.54, 1.807) is 0 Å². The van der Waals surface area contributed by atoms with Crippen LogP contribution in [0.4, 0.5) is 5.82 Å². The third kappa shape index (κ3) is 2.94. The molecule has 0 aliphatic heterocycles. The van der Waals surface area contributed by atoms with Crippen LogP contribution in [0.15, 0.2) is 12.7 Å². The van der Waals surface area contributed by atoms with Crippen LogP contribution in [-0.4, -0.2) is 37.2 Å². The molecule has 2 aromatic heterocycles. The molecule has 21 heavy (non-hydrogen) atoms. The van der Waals surface area contributed by atoms with E-state index in [0.29, 0.717) is 11.4 Å². The molecule has 8 nitrogen and oxygen atoms in total. The molecule has 8 heteroatoms. The molecule has 1 unspecified atom stereocenters. The molecule has 1 atom stereocenters. The maximum atomic E-state index is 12.1. The number of aliphatic hydroxyl groups is 1. The van der Waals surface area contributed by atoms with Gasteiger partial charge in [-0.3, -0.25) is 4.57 Å². The zero-order valence-corrected chi connectivity index (χ0v) is 12.3. The van der Waals surface area contributed by atoms with Gasteiger partial charge in [0.05, 0.1) is 6.61 Å².